The summed E-state index contributed by atoms with van der Waals surface area (Å²) in [4.78, 5) is 24.3. The number of likely N-dealkylation sites (N-methyl/N-ethyl adjacent to an activating group) is 1. The Morgan fingerprint density at radius 2 is 1.46 bits per heavy atom. The minimum atomic E-state index is -5.61. The molecule has 15 heteroatoms. The van der Waals surface area contributed by atoms with Crippen LogP contribution in [-0.4, -0.2) is 59.6 Å². The Bertz CT molecular complexity index is 1700. The second-order valence-corrected chi connectivity index (χ2v) is 12.9. The van der Waals surface area contributed by atoms with Crippen LogP contribution in [0.4, 0.5) is 27.6 Å². The van der Waals surface area contributed by atoms with E-state index in [0.29, 0.717) is 18.5 Å². The molecule has 0 aliphatic heterocycles. The molecule has 0 radical (unpaired) electrons. The van der Waals surface area contributed by atoms with E-state index in [1.165, 1.54) is 0 Å². The van der Waals surface area contributed by atoms with Crippen molar-refractivity contribution in [1.29, 1.82) is 0 Å². The molecule has 1 aliphatic carbocycles. The molecule has 0 aromatic heterocycles. The van der Waals surface area contributed by atoms with E-state index in [4.69, 9.17) is 0 Å². The first-order chi connectivity index (χ1) is 21.7. The Balaban J connectivity index is 1.77. The van der Waals surface area contributed by atoms with Crippen molar-refractivity contribution >= 4 is 27.6 Å². The van der Waals surface area contributed by atoms with E-state index in [1.807, 2.05) is 12.1 Å². The number of anilines is 1. The molecule has 0 heterocycles. The van der Waals surface area contributed by atoms with E-state index >= 15 is 0 Å². The minimum absolute atomic E-state index is 0.0917. The first kappa shape index (κ1) is 34.8. The van der Waals surface area contributed by atoms with E-state index < -0.39 is 86.3 Å². The number of aliphatic hydroxyl groups excluding tert-OH is 1. The normalized spacial score (nSPS) is 14.8. The molecule has 3 aromatic rings. The second kappa shape index (κ2) is 14.1. The molecule has 0 unspecified atom stereocenters. The predicted molar refractivity (Wildman–Crippen MR) is 155 cm³/mol. The lowest BCUT2D eigenvalue weighted by atomic mass is 9.84. The molecular weight excluding hydrogens is 639 g/mol. The highest BCUT2D eigenvalue weighted by molar-refractivity contribution is 7.89. The number of carbonyl (C=O) groups is 2. The van der Waals surface area contributed by atoms with Gasteiger partial charge in [-0.1, -0.05) is 43.5 Å². The molecule has 1 atom stereocenters. The maximum Gasteiger partial charge on any atom is 0.339 e. The van der Waals surface area contributed by atoms with Gasteiger partial charge in [-0.05, 0) is 48.4 Å². The Morgan fingerprint density at radius 3 is 1.98 bits per heavy atom. The van der Waals surface area contributed by atoms with Crippen LogP contribution in [0, 0.1) is 29.1 Å². The number of phenols is 1. The lowest BCUT2D eigenvalue weighted by molar-refractivity contribution is -0.122. The number of benzene rings is 3. The maximum absolute atomic E-state index is 14.6. The topological polar surface area (TPSA) is 135 Å². The maximum atomic E-state index is 14.6. The molecule has 1 amide bonds. The number of aromatic hydroxyl groups is 1. The second-order valence-electron chi connectivity index (χ2n) is 11.0. The van der Waals surface area contributed by atoms with Crippen molar-refractivity contribution in [2.75, 3.05) is 18.6 Å². The molecule has 3 N–H and O–H groups in total. The van der Waals surface area contributed by atoms with E-state index in [9.17, 15) is 55.3 Å². The quantitative estimate of drug-likeness (QED) is 0.141. The lowest BCUT2D eigenvalue weighted by Gasteiger charge is -2.32. The molecule has 0 bridgehead atoms. The van der Waals surface area contributed by atoms with Crippen LogP contribution >= 0.6 is 0 Å². The summed E-state index contributed by atoms with van der Waals surface area (Å²) < 4.78 is 97.5. The number of nitrogens with zero attached hydrogens (tertiary/aromatic N) is 2. The summed E-state index contributed by atoms with van der Waals surface area (Å²) in [5.41, 5.74) is 0.971. The van der Waals surface area contributed by atoms with Crippen molar-refractivity contribution in [3.8, 4) is 5.75 Å². The summed E-state index contributed by atoms with van der Waals surface area (Å²) in [7, 11) is -4.94. The van der Waals surface area contributed by atoms with Crippen molar-refractivity contribution in [1.82, 2.24) is 4.31 Å². The summed E-state index contributed by atoms with van der Waals surface area (Å²) in [6.45, 7) is -1.13. The Morgan fingerprint density at radius 1 is 0.891 bits per heavy atom. The zero-order chi connectivity index (χ0) is 33.9. The van der Waals surface area contributed by atoms with Crippen LogP contribution in [0.5, 0.6) is 5.75 Å². The number of aliphatic hydroxyl groups is 1. The molecule has 248 valence electrons. The van der Waals surface area contributed by atoms with Crippen LogP contribution in [0.1, 0.15) is 65.9 Å². The number of hydrogen-bond acceptors (Lipinski definition) is 6. The predicted octanol–water partition coefficient (Wildman–Crippen LogP) is 5.44. The summed E-state index contributed by atoms with van der Waals surface area (Å²) in [6.07, 6.45) is 4.71. The van der Waals surface area contributed by atoms with Gasteiger partial charge in [0, 0.05) is 25.4 Å². The zero-order valence-corrected chi connectivity index (χ0v) is 25.3. The largest absolute Gasteiger partial charge is 0.507 e. The number of hydrogen-bond donors (Lipinski definition) is 3. The van der Waals surface area contributed by atoms with Crippen molar-refractivity contribution in [3.63, 3.8) is 0 Å². The fraction of sp³-hybridized carbons (Fsp3) is 0.355. The van der Waals surface area contributed by atoms with Gasteiger partial charge in [-0.3, -0.25) is 4.79 Å². The standard InChI is InChI=1S/C31H31F5N2O7S/c1-37(46(44,45)29-27(35)25(33)24(32)26(34)28(29)36)22(13-14-39)30(41)38(20-11-12-21(31(42)43)23(40)15-20)16-17-7-9-19(10-8-17)18-5-3-2-4-6-18/h7-12,15,18,22,39-40H,2-6,13-14,16H2,1H3,(H,42,43)/t22-/m1/s1. The van der Waals surface area contributed by atoms with Gasteiger partial charge < -0.3 is 20.2 Å². The van der Waals surface area contributed by atoms with Gasteiger partial charge in [-0.25, -0.2) is 35.2 Å². The van der Waals surface area contributed by atoms with Gasteiger partial charge >= 0.3 is 5.97 Å². The molecule has 46 heavy (non-hydrogen) atoms. The molecule has 1 aliphatic rings. The molecule has 3 aromatic carbocycles. The molecule has 1 fully saturated rings. The zero-order valence-electron chi connectivity index (χ0n) is 24.5. The van der Waals surface area contributed by atoms with Crippen LogP contribution in [-0.2, 0) is 21.4 Å². The van der Waals surface area contributed by atoms with E-state index in [1.54, 1.807) is 12.1 Å². The van der Waals surface area contributed by atoms with Crippen molar-refractivity contribution in [3.05, 3.63) is 88.2 Å². The smallest absolute Gasteiger partial charge is 0.339 e. The SMILES string of the molecule is CN([C@H](CCO)C(=O)N(Cc1ccc(C2CCCCC2)cc1)c1ccc(C(=O)O)c(O)c1)S(=O)(=O)c1c(F)c(F)c(F)c(F)c1F. The number of sulfonamides is 1. The van der Waals surface area contributed by atoms with Crippen molar-refractivity contribution in [2.24, 2.45) is 0 Å². The number of amides is 1. The number of carbonyl (C=O) groups excluding carboxylic acids is 1. The third kappa shape index (κ3) is 6.86. The third-order valence-corrected chi connectivity index (χ3v) is 10.0. The van der Waals surface area contributed by atoms with Crippen molar-refractivity contribution < 1.29 is 55.3 Å². The van der Waals surface area contributed by atoms with E-state index in [-0.39, 0.29) is 16.5 Å². The van der Waals surface area contributed by atoms with Gasteiger partial charge in [-0.15, -0.1) is 0 Å². The van der Waals surface area contributed by atoms with Gasteiger partial charge in [0.15, 0.2) is 28.2 Å². The van der Waals surface area contributed by atoms with Crippen LogP contribution in [0.2, 0.25) is 0 Å². The van der Waals surface area contributed by atoms with Crippen LogP contribution in [0.25, 0.3) is 0 Å². The van der Waals surface area contributed by atoms with Crippen LogP contribution in [0.15, 0.2) is 47.4 Å². The Labute approximate surface area is 261 Å². The fourth-order valence-electron chi connectivity index (χ4n) is 5.56. The van der Waals surface area contributed by atoms with Crippen LogP contribution < -0.4 is 4.90 Å². The van der Waals surface area contributed by atoms with Crippen LogP contribution in [0.3, 0.4) is 0 Å². The highest BCUT2D eigenvalue weighted by atomic mass is 32.2. The molecule has 0 spiro atoms. The number of carboxylic acid groups (broad SMARTS) is 1. The average Bonchev–Trinajstić information content (AvgIpc) is 3.04. The van der Waals surface area contributed by atoms with E-state index in [0.717, 1.165) is 60.8 Å². The highest BCUT2D eigenvalue weighted by Crippen LogP contribution is 2.34. The van der Waals surface area contributed by atoms with Gasteiger partial charge in [0.1, 0.15) is 17.4 Å². The summed E-state index contributed by atoms with van der Waals surface area (Å²) in [5, 5.41) is 29.4. The summed E-state index contributed by atoms with van der Waals surface area (Å²) in [6, 6.07) is 8.34. The van der Waals surface area contributed by atoms with Gasteiger partial charge in [0.2, 0.25) is 21.7 Å². The lowest BCUT2D eigenvalue weighted by Crippen LogP contribution is -2.50. The summed E-state index contributed by atoms with van der Waals surface area (Å²) >= 11 is 0. The first-order valence-electron chi connectivity index (χ1n) is 14.3. The fourth-order valence-corrected chi connectivity index (χ4v) is 7.02. The molecule has 9 nitrogen and oxygen atoms in total. The molecule has 4 rings (SSSR count). The van der Waals surface area contributed by atoms with Gasteiger partial charge in [-0.2, -0.15) is 4.31 Å². The number of carboxylic acids is 1. The third-order valence-electron chi connectivity index (χ3n) is 8.12. The Hall–Kier alpha value is -4.08. The first-order valence-corrected chi connectivity index (χ1v) is 15.7. The minimum Gasteiger partial charge on any atom is -0.507 e. The monoisotopic (exact) mass is 670 g/mol. The highest BCUT2D eigenvalue weighted by Gasteiger charge is 2.41. The van der Waals surface area contributed by atoms with Gasteiger partial charge in [0.25, 0.3) is 0 Å². The number of halogens is 5. The summed E-state index contributed by atoms with van der Waals surface area (Å²) in [5.74, 6) is -15.9. The Kier molecular flexibility index (Phi) is 10.7. The molecule has 1 saturated carbocycles. The number of rotatable bonds is 11. The van der Waals surface area contributed by atoms with Gasteiger partial charge in [0.05, 0.1) is 6.54 Å². The van der Waals surface area contributed by atoms with Crippen molar-refractivity contribution in [2.45, 2.75) is 61.9 Å². The molecule has 0 saturated heterocycles. The average molecular weight is 671 g/mol. The molecular formula is C31H31F5N2O7S. The number of aromatic carboxylic acids is 1. The van der Waals surface area contributed by atoms with E-state index in [2.05, 4.69) is 0 Å².